The molecule has 0 bridgehead atoms. The van der Waals surface area contributed by atoms with Gasteiger partial charge in [0.25, 0.3) is 0 Å². The SMILES string of the molecule is COc1ccc(CC(Br)c2cccc(C)c2Cl)cc1. The minimum atomic E-state index is 0.216. The maximum absolute atomic E-state index is 6.35. The van der Waals surface area contributed by atoms with Crippen LogP contribution in [-0.4, -0.2) is 7.11 Å². The Hall–Kier alpha value is -0.990. The fraction of sp³-hybridized carbons (Fsp3) is 0.250. The number of alkyl halides is 1. The van der Waals surface area contributed by atoms with Crippen molar-refractivity contribution in [2.75, 3.05) is 7.11 Å². The van der Waals surface area contributed by atoms with Gasteiger partial charge >= 0.3 is 0 Å². The summed E-state index contributed by atoms with van der Waals surface area (Å²) in [6, 6.07) is 14.3. The molecule has 0 aliphatic rings. The molecule has 1 atom stereocenters. The Morgan fingerprint density at radius 3 is 2.47 bits per heavy atom. The highest BCUT2D eigenvalue weighted by Crippen LogP contribution is 2.34. The number of methoxy groups -OCH3 is 1. The van der Waals surface area contributed by atoms with Gasteiger partial charge in [-0.15, -0.1) is 0 Å². The lowest BCUT2D eigenvalue weighted by molar-refractivity contribution is 0.414. The first-order chi connectivity index (χ1) is 9.11. The van der Waals surface area contributed by atoms with Crippen LogP contribution in [0.3, 0.4) is 0 Å². The van der Waals surface area contributed by atoms with Crippen LogP contribution in [0.1, 0.15) is 21.5 Å². The molecule has 2 rings (SSSR count). The minimum absolute atomic E-state index is 0.216. The molecule has 0 amide bonds. The number of rotatable bonds is 4. The van der Waals surface area contributed by atoms with Gasteiger partial charge in [0.05, 0.1) is 7.11 Å². The van der Waals surface area contributed by atoms with E-state index < -0.39 is 0 Å². The van der Waals surface area contributed by atoms with Crippen molar-refractivity contribution in [3.05, 3.63) is 64.2 Å². The normalized spacial score (nSPS) is 12.2. The maximum atomic E-state index is 6.35. The van der Waals surface area contributed by atoms with Crippen molar-refractivity contribution in [3.8, 4) is 5.75 Å². The van der Waals surface area contributed by atoms with Crippen molar-refractivity contribution in [1.29, 1.82) is 0 Å². The standard InChI is InChI=1S/C16H16BrClO/c1-11-4-3-5-14(16(11)18)15(17)10-12-6-8-13(19-2)9-7-12/h3-9,15H,10H2,1-2H3. The smallest absolute Gasteiger partial charge is 0.118 e. The topological polar surface area (TPSA) is 9.23 Å². The van der Waals surface area contributed by atoms with Gasteiger partial charge in [-0.05, 0) is 42.2 Å². The van der Waals surface area contributed by atoms with Gasteiger partial charge in [-0.3, -0.25) is 0 Å². The highest BCUT2D eigenvalue weighted by Gasteiger charge is 2.13. The molecule has 0 aliphatic heterocycles. The number of benzene rings is 2. The van der Waals surface area contributed by atoms with E-state index in [0.29, 0.717) is 0 Å². The Morgan fingerprint density at radius 2 is 1.84 bits per heavy atom. The Balaban J connectivity index is 2.15. The zero-order valence-corrected chi connectivity index (χ0v) is 13.3. The van der Waals surface area contributed by atoms with Gasteiger partial charge in [0.1, 0.15) is 5.75 Å². The van der Waals surface area contributed by atoms with Crippen molar-refractivity contribution in [2.24, 2.45) is 0 Å². The summed E-state index contributed by atoms with van der Waals surface area (Å²) in [7, 11) is 1.68. The Bertz CT molecular complexity index is 551. The molecule has 2 aromatic rings. The van der Waals surface area contributed by atoms with Crippen LogP contribution in [-0.2, 0) is 6.42 Å². The van der Waals surface area contributed by atoms with Crippen LogP contribution in [0.5, 0.6) is 5.75 Å². The lowest BCUT2D eigenvalue weighted by Crippen LogP contribution is -1.97. The van der Waals surface area contributed by atoms with Crippen LogP contribution in [0.4, 0.5) is 0 Å². The number of halogens is 2. The zero-order chi connectivity index (χ0) is 13.8. The number of hydrogen-bond donors (Lipinski definition) is 0. The number of hydrogen-bond acceptors (Lipinski definition) is 1. The third-order valence-corrected chi connectivity index (χ3v) is 4.47. The van der Waals surface area contributed by atoms with Gasteiger partial charge in [0.15, 0.2) is 0 Å². The predicted molar refractivity (Wildman–Crippen MR) is 84.6 cm³/mol. The van der Waals surface area contributed by atoms with Crippen molar-refractivity contribution < 1.29 is 4.74 Å². The molecule has 1 unspecified atom stereocenters. The Kier molecular flexibility index (Phi) is 4.89. The van der Waals surface area contributed by atoms with Gasteiger partial charge in [-0.2, -0.15) is 0 Å². The molecule has 0 N–H and O–H groups in total. The van der Waals surface area contributed by atoms with Gasteiger partial charge in [-0.1, -0.05) is 57.9 Å². The third kappa shape index (κ3) is 3.52. The maximum Gasteiger partial charge on any atom is 0.118 e. The molecule has 0 aliphatic carbocycles. The molecule has 1 nitrogen and oxygen atoms in total. The fourth-order valence-corrected chi connectivity index (χ4v) is 3.14. The van der Waals surface area contributed by atoms with Crippen molar-refractivity contribution >= 4 is 27.5 Å². The van der Waals surface area contributed by atoms with Crippen molar-refractivity contribution in [3.63, 3.8) is 0 Å². The molecule has 0 radical (unpaired) electrons. The summed E-state index contributed by atoms with van der Waals surface area (Å²) < 4.78 is 5.16. The van der Waals surface area contributed by atoms with Crippen LogP contribution in [0, 0.1) is 6.92 Å². The Labute approximate surface area is 127 Å². The van der Waals surface area contributed by atoms with E-state index in [1.54, 1.807) is 7.11 Å². The lowest BCUT2D eigenvalue weighted by Gasteiger charge is -2.14. The molecule has 2 aromatic carbocycles. The van der Waals surface area contributed by atoms with Crippen LogP contribution >= 0.6 is 27.5 Å². The van der Waals surface area contributed by atoms with E-state index >= 15 is 0 Å². The van der Waals surface area contributed by atoms with Crippen molar-refractivity contribution in [1.82, 2.24) is 0 Å². The highest BCUT2D eigenvalue weighted by molar-refractivity contribution is 9.09. The van der Waals surface area contributed by atoms with Crippen LogP contribution in [0.25, 0.3) is 0 Å². The molecule has 3 heteroatoms. The first-order valence-electron chi connectivity index (χ1n) is 6.14. The van der Waals surface area contributed by atoms with E-state index in [9.17, 15) is 0 Å². The van der Waals surface area contributed by atoms with Gasteiger partial charge < -0.3 is 4.74 Å². The summed E-state index contributed by atoms with van der Waals surface area (Å²) in [5.41, 5.74) is 3.50. The molecular weight excluding hydrogens is 324 g/mol. The molecular formula is C16H16BrClO. The summed E-state index contributed by atoms with van der Waals surface area (Å²) >= 11 is 10.1. The quantitative estimate of drug-likeness (QED) is 0.684. The number of ether oxygens (including phenoxy) is 1. The van der Waals surface area contributed by atoms with Crippen LogP contribution in [0.15, 0.2) is 42.5 Å². The van der Waals surface area contributed by atoms with Crippen LogP contribution in [0.2, 0.25) is 5.02 Å². The lowest BCUT2D eigenvalue weighted by atomic mass is 10.0. The fourth-order valence-electron chi connectivity index (χ4n) is 1.99. The monoisotopic (exact) mass is 338 g/mol. The minimum Gasteiger partial charge on any atom is -0.497 e. The summed E-state index contributed by atoms with van der Waals surface area (Å²) in [5, 5.41) is 0.845. The molecule has 0 saturated heterocycles. The first-order valence-corrected chi connectivity index (χ1v) is 7.43. The van der Waals surface area contributed by atoms with E-state index in [0.717, 1.165) is 28.3 Å². The molecule has 0 saturated carbocycles. The van der Waals surface area contributed by atoms with Gasteiger partial charge in [-0.25, -0.2) is 0 Å². The second-order valence-corrected chi connectivity index (χ2v) is 5.98. The van der Waals surface area contributed by atoms with E-state index in [4.69, 9.17) is 16.3 Å². The first kappa shape index (κ1) is 14.4. The second kappa shape index (κ2) is 6.44. The zero-order valence-electron chi connectivity index (χ0n) is 11.0. The Morgan fingerprint density at radius 1 is 1.16 bits per heavy atom. The van der Waals surface area contributed by atoms with E-state index in [1.807, 2.05) is 31.2 Å². The van der Waals surface area contributed by atoms with E-state index in [1.165, 1.54) is 5.56 Å². The summed E-state index contributed by atoms with van der Waals surface area (Å²) in [4.78, 5) is 0.216. The summed E-state index contributed by atoms with van der Waals surface area (Å²) in [6.45, 7) is 2.03. The molecule has 0 aromatic heterocycles. The third-order valence-electron chi connectivity index (χ3n) is 3.13. The molecule has 100 valence electrons. The predicted octanol–water partition coefficient (Wildman–Crippen LogP) is 5.34. The molecule has 0 heterocycles. The van der Waals surface area contributed by atoms with Gasteiger partial charge in [0.2, 0.25) is 0 Å². The summed E-state index contributed by atoms with van der Waals surface area (Å²) in [5.74, 6) is 0.878. The molecule has 0 spiro atoms. The average molecular weight is 340 g/mol. The average Bonchev–Trinajstić information content (AvgIpc) is 2.42. The summed E-state index contributed by atoms with van der Waals surface area (Å²) in [6.07, 6.45) is 0.896. The van der Waals surface area contributed by atoms with E-state index in [-0.39, 0.29) is 4.83 Å². The van der Waals surface area contributed by atoms with E-state index in [2.05, 4.69) is 34.1 Å². The van der Waals surface area contributed by atoms with Gasteiger partial charge in [0, 0.05) is 9.85 Å². The molecule has 0 fully saturated rings. The van der Waals surface area contributed by atoms with Crippen molar-refractivity contribution in [2.45, 2.75) is 18.2 Å². The highest BCUT2D eigenvalue weighted by atomic mass is 79.9. The molecule has 19 heavy (non-hydrogen) atoms. The largest absolute Gasteiger partial charge is 0.497 e. The second-order valence-electron chi connectivity index (χ2n) is 4.50. The number of aryl methyl sites for hydroxylation is 1. The van der Waals surface area contributed by atoms with Crippen LogP contribution < -0.4 is 4.74 Å².